The van der Waals surface area contributed by atoms with E-state index in [0.29, 0.717) is 11.8 Å². The van der Waals surface area contributed by atoms with Crippen LogP contribution in [0.15, 0.2) is 18.2 Å². The Balaban J connectivity index is 2.43. The Kier molecular flexibility index (Phi) is 4.36. The molecule has 1 saturated carbocycles. The van der Waals surface area contributed by atoms with Crippen LogP contribution in [0.3, 0.4) is 0 Å². The third-order valence-corrected chi connectivity index (χ3v) is 4.19. The van der Waals surface area contributed by atoms with Crippen molar-refractivity contribution in [3.63, 3.8) is 0 Å². The van der Waals surface area contributed by atoms with Crippen LogP contribution in [0.5, 0.6) is 0 Å². The second-order valence-electron chi connectivity index (χ2n) is 6.41. The largest absolute Gasteiger partial charge is 0.481 e. The summed E-state index contributed by atoms with van der Waals surface area (Å²) in [6.07, 6.45) is 2.57. The normalized spacial score (nSPS) is 16.2. The van der Waals surface area contributed by atoms with E-state index in [1.807, 2.05) is 14.1 Å². The van der Waals surface area contributed by atoms with Gasteiger partial charge in [-0.2, -0.15) is 0 Å². The molecule has 1 aliphatic rings. The minimum Gasteiger partial charge on any atom is -0.481 e. The number of benzene rings is 1. The summed E-state index contributed by atoms with van der Waals surface area (Å²) in [6.45, 7) is 4.36. The van der Waals surface area contributed by atoms with Crippen molar-refractivity contribution in [3.05, 3.63) is 29.3 Å². The quantitative estimate of drug-likeness (QED) is 0.857. The third kappa shape index (κ3) is 3.33. The van der Waals surface area contributed by atoms with Crippen LogP contribution in [0, 0.1) is 5.92 Å². The summed E-state index contributed by atoms with van der Waals surface area (Å²) in [4.78, 5) is 13.3. The van der Waals surface area contributed by atoms with Gasteiger partial charge in [0.25, 0.3) is 0 Å². The van der Waals surface area contributed by atoms with E-state index in [1.54, 1.807) is 0 Å². The predicted molar refractivity (Wildman–Crippen MR) is 82.6 cm³/mol. The molecular weight excluding hydrogens is 250 g/mol. The van der Waals surface area contributed by atoms with E-state index in [0.717, 1.165) is 18.5 Å². The standard InChI is InChI=1S/C17H25NO2/c1-11(2)13-7-8-16(18(3)4)15(9-13)14(10-17(19)20)12-5-6-12/h7-9,11-12,14H,5-6,10H2,1-4H3,(H,19,20). The Morgan fingerprint density at radius 3 is 2.45 bits per heavy atom. The van der Waals surface area contributed by atoms with Crippen molar-refractivity contribution in [3.8, 4) is 0 Å². The van der Waals surface area contributed by atoms with Gasteiger partial charge in [-0.1, -0.05) is 26.0 Å². The topological polar surface area (TPSA) is 40.5 Å². The first kappa shape index (κ1) is 14.9. The number of carboxylic acid groups (broad SMARTS) is 1. The van der Waals surface area contributed by atoms with E-state index < -0.39 is 5.97 Å². The third-order valence-electron chi connectivity index (χ3n) is 4.19. The SMILES string of the molecule is CC(C)c1ccc(N(C)C)c(C(CC(=O)O)C2CC2)c1. The lowest BCUT2D eigenvalue weighted by molar-refractivity contribution is -0.137. The molecule has 1 aromatic rings. The number of hydrogen-bond acceptors (Lipinski definition) is 2. The second-order valence-corrected chi connectivity index (χ2v) is 6.41. The van der Waals surface area contributed by atoms with Crippen LogP contribution in [0.25, 0.3) is 0 Å². The Morgan fingerprint density at radius 1 is 1.35 bits per heavy atom. The fourth-order valence-electron chi connectivity index (χ4n) is 2.85. The zero-order chi connectivity index (χ0) is 14.9. The molecule has 20 heavy (non-hydrogen) atoms. The summed E-state index contributed by atoms with van der Waals surface area (Å²) in [5, 5.41) is 9.22. The van der Waals surface area contributed by atoms with Gasteiger partial charge >= 0.3 is 5.97 Å². The van der Waals surface area contributed by atoms with Crippen molar-refractivity contribution in [1.29, 1.82) is 0 Å². The molecule has 0 aromatic heterocycles. The molecule has 110 valence electrons. The minimum absolute atomic E-state index is 0.156. The zero-order valence-corrected chi connectivity index (χ0v) is 12.9. The number of anilines is 1. The summed E-state index contributed by atoms with van der Waals surface area (Å²) < 4.78 is 0. The number of carboxylic acids is 1. The fraction of sp³-hybridized carbons (Fsp3) is 0.588. The maximum Gasteiger partial charge on any atom is 0.303 e. The molecule has 1 fully saturated rings. The van der Waals surface area contributed by atoms with Crippen LogP contribution in [0.4, 0.5) is 5.69 Å². The zero-order valence-electron chi connectivity index (χ0n) is 12.9. The van der Waals surface area contributed by atoms with Crippen molar-refractivity contribution in [1.82, 2.24) is 0 Å². The van der Waals surface area contributed by atoms with E-state index in [4.69, 9.17) is 0 Å². The van der Waals surface area contributed by atoms with Gasteiger partial charge in [-0.05, 0) is 47.8 Å². The minimum atomic E-state index is -0.693. The molecule has 0 amide bonds. The number of carbonyl (C=O) groups is 1. The molecule has 3 heteroatoms. The molecule has 1 aromatic carbocycles. The first-order chi connectivity index (χ1) is 9.40. The molecule has 0 radical (unpaired) electrons. The summed E-state index contributed by atoms with van der Waals surface area (Å²) >= 11 is 0. The van der Waals surface area contributed by atoms with Crippen molar-refractivity contribution in [2.75, 3.05) is 19.0 Å². The van der Waals surface area contributed by atoms with Crippen molar-refractivity contribution >= 4 is 11.7 Å². The lowest BCUT2D eigenvalue weighted by Gasteiger charge is -2.25. The lowest BCUT2D eigenvalue weighted by Crippen LogP contribution is -2.16. The molecule has 1 atom stereocenters. The van der Waals surface area contributed by atoms with Gasteiger partial charge in [0.05, 0.1) is 6.42 Å². The highest BCUT2D eigenvalue weighted by molar-refractivity contribution is 5.69. The average Bonchev–Trinajstić information content (AvgIpc) is 3.19. The predicted octanol–water partition coefficient (Wildman–Crippen LogP) is 3.84. The lowest BCUT2D eigenvalue weighted by atomic mass is 9.86. The van der Waals surface area contributed by atoms with E-state index in [1.165, 1.54) is 11.1 Å². The number of nitrogens with zero attached hydrogens (tertiary/aromatic N) is 1. The molecular formula is C17H25NO2. The van der Waals surface area contributed by atoms with Gasteiger partial charge in [0, 0.05) is 19.8 Å². The average molecular weight is 275 g/mol. The highest BCUT2D eigenvalue weighted by atomic mass is 16.4. The van der Waals surface area contributed by atoms with E-state index >= 15 is 0 Å². The molecule has 3 nitrogen and oxygen atoms in total. The van der Waals surface area contributed by atoms with E-state index in [9.17, 15) is 9.90 Å². The molecule has 0 spiro atoms. The first-order valence-corrected chi connectivity index (χ1v) is 7.43. The molecule has 2 rings (SSSR count). The van der Waals surface area contributed by atoms with Gasteiger partial charge in [0.1, 0.15) is 0 Å². The fourth-order valence-corrected chi connectivity index (χ4v) is 2.85. The Hall–Kier alpha value is -1.51. The van der Waals surface area contributed by atoms with Gasteiger partial charge in [-0.25, -0.2) is 0 Å². The molecule has 0 heterocycles. The van der Waals surface area contributed by atoms with Gasteiger partial charge < -0.3 is 10.0 Å². The number of hydrogen-bond donors (Lipinski definition) is 1. The smallest absolute Gasteiger partial charge is 0.303 e. The van der Waals surface area contributed by atoms with E-state index in [2.05, 4.69) is 36.9 Å². The van der Waals surface area contributed by atoms with Crippen LogP contribution in [0.1, 0.15) is 56.1 Å². The van der Waals surface area contributed by atoms with Crippen LogP contribution < -0.4 is 4.90 Å². The monoisotopic (exact) mass is 275 g/mol. The highest BCUT2D eigenvalue weighted by Gasteiger charge is 2.35. The summed E-state index contributed by atoms with van der Waals surface area (Å²) in [7, 11) is 4.05. The first-order valence-electron chi connectivity index (χ1n) is 7.43. The summed E-state index contributed by atoms with van der Waals surface area (Å²) in [5.41, 5.74) is 3.67. The van der Waals surface area contributed by atoms with E-state index in [-0.39, 0.29) is 12.3 Å². The Morgan fingerprint density at radius 2 is 2.00 bits per heavy atom. The summed E-state index contributed by atoms with van der Waals surface area (Å²) in [5.74, 6) is 0.479. The van der Waals surface area contributed by atoms with Gasteiger partial charge in [-0.3, -0.25) is 4.79 Å². The van der Waals surface area contributed by atoms with Crippen LogP contribution in [-0.4, -0.2) is 25.2 Å². The van der Waals surface area contributed by atoms with Crippen molar-refractivity contribution in [2.24, 2.45) is 5.92 Å². The second kappa shape index (κ2) is 5.86. The molecule has 1 N–H and O–H groups in total. The molecule has 0 aliphatic heterocycles. The molecule has 1 aliphatic carbocycles. The Labute approximate surface area is 121 Å². The van der Waals surface area contributed by atoms with Crippen molar-refractivity contribution in [2.45, 2.75) is 44.9 Å². The molecule has 0 bridgehead atoms. The van der Waals surface area contributed by atoms with Crippen molar-refractivity contribution < 1.29 is 9.90 Å². The molecule has 0 saturated heterocycles. The van der Waals surface area contributed by atoms with Crippen LogP contribution in [0.2, 0.25) is 0 Å². The van der Waals surface area contributed by atoms with Gasteiger partial charge in [0.2, 0.25) is 0 Å². The Bertz CT molecular complexity index is 490. The number of rotatable bonds is 6. The van der Waals surface area contributed by atoms with Gasteiger partial charge in [-0.15, -0.1) is 0 Å². The van der Waals surface area contributed by atoms with Crippen LogP contribution in [-0.2, 0) is 4.79 Å². The highest BCUT2D eigenvalue weighted by Crippen LogP contribution is 2.47. The van der Waals surface area contributed by atoms with Gasteiger partial charge in [0.15, 0.2) is 0 Å². The number of aliphatic carboxylic acids is 1. The maximum absolute atomic E-state index is 11.2. The maximum atomic E-state index is 11.2. The summed E-state index contributed by atoms with van der Waals surface area (Å²) in [6, 6.07) is 6.53. The molecule has 1 unspecified atom stereocenters. The van der Waals surface area contributed by atoms with Crippen LogP contribution >= 0.6 is 0 Å².